The first kappa shape index (κ1) is 21.9. The minimum absolute atomic E-state index is 0.735. The monoisotopic (exact) mass is 402 g/mol. The molecule has 0 radical (unpaired) electrons. The van der Waals surface area contributed by atoms with Crippen LogP contribution in [-0.4, -0.2) is 31.6 Å². The molecule has 27 heavy (non-hydrogen) atoms. The first-order chi connectivity index (χ1) is 13.2. The number of hydrogen-bond donors (Lipinski definition) is 1. The molecule has 1 heterocycles. The minimum Gasteiger partial charge on any atom is -0.375 e. The van der Waals surface area contributed by atoms with Gasteiger partial charge in [-0.3, -0.25) is 0 Å². The van der Waals surface area contributed by atoms with Crippen molar-refractivity contribution in [1.29, 1.82) is 0 Å². The molecule has 0 aliphatic heterocycles. The molecule has 0 saturated carbocycles. The van der Waals surface area contributed by atoms with Crippen LogP contribution in [0.3, 0.4) is 0 Å². The molecule has 2 N–H and O–H groups in total. The van der Waals surface area contributed by atoms with E-state index in [-0.39, 0.29) is 0 Å². The number of aryl methyl sites for hydroxylation is 1. The van der Waals surface area contributed by atoms with Crippen molar-refractivity contribution < 1.29 is 4.57 Å². The van der Waals surface area contributed by atoms with Gasteiger partial charge < -0.3 is 10.6 Å². The highest BCUT2D eigenvalue weighted by Crippen LogP contribution is 2.21. The van der Waals surface area contributed by atoms with E-state index in [1.54, 1.807) is 0 Å². The van der Waals surface area contributed by atoms with Crippen LogP contribution in [-0.2, 0) is 6.54 Å². The second-order valence-electron chi connectivity index (χ2n) is 6.50. The molecule has 2 rings (SSSR count). The van der Waals surface area contributed by atoms with Crippen molar-refractivity contribution in [1.82, 2.24) is 0 Å². The van der Waals surface area contributed by atoms with Gasteiger partial charge in [0.15, 0.2) is 18.9 Å². The molecule has 5 heteroatoms. The maximum absolute atomic E-state index is 5.59. The van der Waals surface area contributed by atoms with Gasteiger partial charge in [-0.25, -0.2) is 4.57 Å². The first-order valence-corrected chi connectivity index (χ1v) is 12.1. The summed E-state index contributed by atoms with van der Waals surface area (Å²) in [5.41, 5.74) is 9.26. The van der Waals surface area contributed by atoms with Crippen molar-refractivity contribution in [3.8, 4) is 0 Å². The highest BCUT2D eigenvalue weighted by Gasteiger charge is 2.01. The van der Waals surface area contributed by atoms with Crippen LogP contribution in [0.15, 0.2) is 48.8 Å². The van der Waals surface area contributed by atoms with Crippen molar-refractivity contribution in [2.24, 2.45) is 5.73 Å². The Kier molecular flexibility index (Phi) is 10.4. The fraction of sp³-hybridized carbons (Fsp3) is 0.409. The molecule has 146 valence electrons. The number of aromatic nitrogens is 1. The van der Waals surface area contributed by atoms with Crippen LogP contribution in [0.1, 0.15) is 30.9 Å². The van der Waals surface area contributed by atoms with Crippen LogP contribution in [0.4, 0.5) is 5.69 Å². The molecule has 0 aliphatic rings. The standard InChI is InChI=1S/C22H32N3S2/c1-3-18-26-27-19-17-25-15-11-21(12-16-25)6-5-20-7-9-22(10-8-20)24(2)14-4-13-23/h5-12,15-16H,3-4,13-14,17-19,23H2,1-2H3/q+1. The fourth-order valence-electron chi connectivity index (χ4n) is 2.56. The molecule has 0 aliphatic carbocycles. The summed E-state index contributed by atoms with van der Waals surface area (Å²) in [7, 11) is 6.05. The van der Waals surface area contributed by atoms with Gasteiger partial charge in [0.25, 0.3) is 0 Å². The lowest BCUT2D eigenvalue weighted by Crippen LogP contribution is -2.33. The molecule has 2 aromatic rings. The largest absolute Gasteiger partial charge is 0.375 e. The van der Waals surface area contributed by atoms with Gasteiger partial charge in [-0.05, 0) is 42.6 Å². The zero-order valence-corrected chi connectivity index (χ0v) is 18.1. The van der Waals surface area contributed by atoms with E-state index in [9.17, 15) is 0 Å². The highest BCUT2D eigenvalue weighted by molar-refractivity contribution is 8.76. The van der Waals surface area contributed by atoms with E-state index in [1.807, 2.05) is 21.6 Å². The van der Waals surface area contributed by atoms with Gasteiger partial charge in [0.2, 0.25) is 0 Å². The van der Waals surface area contributed by atoms with E-state index in [4.69, 9.17) is 5.73 Å². The predicted molar refractivity (Wildman–Crippen MR) is 124 cm³/mol. The lowest BCUT2D eigenvalue weighted by atomic mass is 10.1. The SMILES string of the molecule is CCCSSCC[n+]1ccc(/C=C/c2ccc(N(C)CCCN)cc2)cc1. The summed E-state index contributed by atoms with van der Waals surface area (Å²) in [5, 5.41) is 0. The molecule has 0 spiro atoms. The van der Waals surface area contributed by atoms with Gasteiger partial charge in [-0.2, -0.15) is 0 Å². The maximum atomic E-state index is 5.59. The third-order valence-electron chi connectivity index (χ3n) is 4.22. The number of hydrogen-bond acceptors (Lipinski definition) is 4. The third kappa shape index (κ3) is 8.41. The normalized spacial score (nSPS) is 11.2. The molecular weight excluding hydrogens is 370 g/mol. The van der Waals surface area contributed by atoms with E-state index >= 15 is 0 Å². The maximum Gasteiger partial charge on any atom is 0.169 e. The minimum atomic E-state index is 0.735. The van der Waals surface area contributed by atoms with Crippen LogP contribution in [0.2, 0.25) is 0 Å². The van der Waals surface area contributed by atoms with Gasteiger partial charge >= 0.3 is 0 Å². The van der Waals surface area contributed by atoms with E-state index in [0.717, 1.165) is 31.8 Å². The van der Waals surface area contributed by atoms with Crippen LogP contribution in [0.25, 0.3) is 12.2 Å². The Morgan fingerprint density at radius 2 is 1.59 bits per heavy atom. The van der Waals surface area contributed by atoms with Crippen molar-refractivity contribution in [3.63, 3.8) is 0 Å². The van der Waals surface area contributed by atoms with E-state index in [1.165, 1.54) is 29.0 Å². The quantitative estimate of drug-likeness (QED) is 0.316. The van der Waals surface area contributed by atoms with Crippen molar-refractivity contribution in [2.75, 3.05) is 36.5 Å². The van der Waals surface area contributed by atoms with Crippen LogP contribution in [0.5, 0.6) is 0 Å². The number of anilines is 1. The van der Waals surface area contributed by atoms with E-state index in [0.29, 0.717) is 0 Å². The second kappa shape index (κ2) is 12.9. The van der Waals surface area contributed by atoms with Gasteiger partial charge in [0.1, 0.15) is 0 Å². The molecule has 1 aromatic carbocycles. The molecule has 0 unspecified atom stereocenters. The van der Waals surface area contributed by atoms with E-state index < -0.39 is 0 Å². The molecule has 0 amide bonds. The number of benzene rings is 1. The first-order valence-electron chi connectivity index (χ1n) is 9.66. The average molecular weight is 403 g/mol. The zero-order chi connectivity index (χ0) is 19.3. The van der Waals surface area contributed by atoms with E-state index in [2.05, 4.69) is 84.4 Å². The third-order valence-corrected chi connectivity index (χ3v) is 6.81. The fourth-order valence-corrected chi connectivity index (χ4v) is 4.68. The summed E-state index contributed by atoms with van der Waals surface area (Å²) >= 11 is 0. The summed E-state index contributed by atoms with van der Waals surface area (Å²) in [6.45, 7) is 5.01. The summed E-state index contributed by atoms with van der Waals surface area (Å²) < 4.78 is 2.25. The number of rotatable bonds is 12. The molecule has 1 aromatic heterocycles. The molecule has 0 atom stereocenters. The summed E-state index contributed by atoms with van der Waals surface area (Å²) in [5.74, 6) is 2.39. The lowest BCUT2D eigenvalue weighted by Gasteiger charge is -2.18. The Balaban J connectivity index is 1.82. The molecule has 0 fully saturated rings. The lowest BCUT2D eigenvalue weighted by molar-refractivity contribution is -0.692. The van der Waals surface area contributed by atoms with Crippen molar-refractivity contribution in [2.45, 2.75) is 26.3 Å². The number of nitrogens with two attached hydrogens (primary N) is 1. The van der Waals surface area contributed by atoms with Crippen LogP contribution in [0, 0.1) is 0 Å². The molecule has 0 bridgehead atoms. The topological polar surface area (TPSA) is 33.1 Å². The zero-order valence-electron chi connectivity index (χ0n) is 16.5. The van der Waals surface area contributed by atoms with Crippen LogP contribution >= 0.6 is 21.6 Å². The Bertz CT molecular complexity index is 669. The Morgan fingerprint density at radius 3 is 2.22 bits per heavy atom. The predicted octanol–water partition coefficient (Wildman–Crippen LogP) is 4.72. The van der Waals surface area contributed by atoms with Crippen LogP contribution < -0.4 is 15.2 Å². The Labute approximate surface area is 172 Å². The second-order valence-corrected chi connectivity index (χ2v) is 9.20. The molecule has 0 saturated heterocycles. The average Bonchev–Trinajstić information content (AvgIpc) is 2.71. The van der Waals surface area contributed by atoms with Gasteiger partial charge in [-0.15, -0.1) is 0 Å². The number of pyridine rings is 1. The Hall–Kier alpha value is -1.43. The molecule has 3 nitrogen and oxygen atoms in total. The summed E-state index contributed by atoms with van der Waals surface area (Å²) in [6, 6.07) is 13.0. The van der Waals surface area contributed by atoms with Gasteiger partial charge in [-0.1, -0.05) is 52.8 Å². The van der Waals surface area contributed by atoms with Crippen molar-refractivity contribution >= 4 is 39.4 Å². The van der Waals surface area contributed by atoms with Crippen molar-refractivity contribution in [3.05, 3.63) is 59.9 Å². The summed E-state index contributed by atoms with van der Waals surface area (Å²) in [4.78, 5) is 2.25. The summed E-state index contributed by atoms with van der Waals surface area (Å²) in [6.07, 6.45) is 10.9. The Morgan fingerprint density at radius 1 is 0.963 bits per heavy atom. The smallest absolute Gasteiger partial charge is 0.169 e. The molecular formula is C22H32N3S2+. The van der Waals surface area contributed by atoms with Gasteiger partial charge in [0, 0.05) is 37.2 Å². The number of nitrogens with zero attached hydrogens (tertiary/aromatic N) is 2. The van der Waals surface area contributed by atoms with Gasteiger partial charge in [0.05, 0.1) is 5.75 Å². The highest BCUT2D eigenvalue weighted by atomic mass is 33.1.